The Hall–Kier alpha value is -1.58. The van der Waals surface area contributed by atoms with Crippen LogP contribution in [0, 0.1) is 0 Å². The molecule has 0 amide bonds. The molecular weight excluding hydrogens is 412 g/mol. The number of carbonyl (C=O) groups is 2. The number of hydrogen-bond donors (Lipinski definition) is 0. The number of unbranched alkanes of at least 4 members (excludes halogenated alkanes) is 16. The van der Waals surface area contributed by atoms with Crippen molar-refractivity contribution >= 4 is 11.9 Å². The maximum atomic E-state index is 11.7. The van der Waals surface area contributed by atoms with E-state index >= 15 is 0 Å². The molecule has 192 valence electrons. The number of rotatable bonds is 24. The molecule has 0 aliphatic heterocycles. The number of hydrogen-bond acceptors (Lipinski definition) is 4. The molecule has 0 atom stereocenters. The van der Waals surface area contributed by atoms with Crippen molar-refractivity contribution in [2.75, 3.05) is 13.2 Å². The van der Waals surface area contributed by atoms with E-state index in [0.29, 0.717) is 13.2 Å². The molecule has 0 bridgehead atoms. The van der Waals surface area contributed by atoms with Gasteiger partial charge >= 0.3 is 11.9 Å². The third-order valence-corrected chi connectivity index (χ3v) is 5.75. The number of allylic oxidation sites excluding steroid dienone is 2. The SMILES string of the molecule is CCCCC/C=C/CCCOC(=O)/C=C/C(=O)OCCCCCCCCCCCCCCC. The van der Waals surface area contributed by atoms with Gasteiger partial charge in [0, 0.05) is 12.2 Å². The highest BCUT2D eigenvalue weighted by molar-refractivity contribution is 5.91. The highest BCUT2D eigenvalue weighted by Gasteiger charge is 2.01. The number of ether oxygens (including phenoxy) is 2. The fourth-order valence-corrected chi connectivity index (χ4v) is 3.65. The molecule has 0 aliphatic rings. The molecule has 0 aliphatic carbocycles. The Morgan fingerprint density at radius 2 is 0.848 bits per heavy atom. The van der Waals surface area contributed by atoms with Crippen LogP contribution in [-0.4, -0.2) is 25.2 Å². The summed E-state index contributed by atoms with van der Waals surface area (Å²) in [6, 6.07) is 0. The summed E-state index contributed by atoms with van der Waals surface area (Å²) < 4.78 is 10.2. The van der Waals surface area contributed by atoms with Gasteiger partial charge in [-0.3, -0.25) is 0 Å². The summed E-state index contributed by atoms with van der Waals surface area (Å²) in [5, 5.41) is 0. The van der Waals surface area contributed by atoms with Gasteiger partial charge in [-0.1, -0.05) is 116 Å². The maximum Gasteiger partial charge on any atom is 0.331 e. The summed E-state index contributed by atoms with van der Waals surface area (Å²) in [4.78, 5) is 23.3. The predicted octanol–water partition coefficient (Wildman–Crippen LogP) is 8.64. The third kappa shape index (κ3) is 26.6. The first kappa shape index (κ1) is 31.4. The van der Waals surface area contributed by atoms with Crippen LogP contribution in [0.25, 0.3) is 0 Å². The molecule has 0 aromatic carbocycles. The molecule has 4 heteroatoms. The molecule has 0 aromatic rings. The van der Waals surface area contributed by atoms with Crippen molar-refractivity contribution in [3.8, 4) is 0 Å². The Bertz CT molecular complexity index is 496. The van der Waals surface area contributed by atoms with Gasteiger partial charge in [0.05, 0.1) is 13.2 Å². The van der Waals surface area contributed by atoms with E-state index in [2.05, 4.69) is 26.0 Å². The number of carbonyl (C=O) groups excluding carboxylic acids is 2. The van der Waals surface area contributed by atoms with Gasteiger partial charge in [-0.2, -0.15) is 0 Å². The van der Waals surface area contributed by atoms with Crippen LogP contribution in [0.3, 0.4) is 0 Å². The molecular formula is C29H52O4. The third-order valence-electron chi connectivity index (χ3n) is 5.75. The van der Waals surface area contributed by atoms with Gasteiger partial charge in [0.15, 0.2) is 0 Å². The van der Waals surface area contributed by atoms with Crippen molar-refractivity contribution in [3.63, 3.8) is 0 Å². The molecule has 33 heavy (non-hydrogen) atoms. The molecule has 4 nitrogen and oxygen atoms in total. The molecule has 0 N–H and O–H groups in total. The van der Waals surface area contributed by atoms with E-state index < -0.39 is 11.9 Å². The van der Waals surface area contributed by atoms with Crippen LogP contribution in [0.2, 0.25) is 0 Å². The summed E-state index contributed by atoms with van der Waals surface area (Å²) in [6.45, 7) is 5.25. The average Bonchev–Trinajstić information content (AvgIpc) is 2.82. The lowest BCUT2D eigenvalue weighted by atomic mass is 10.0. The Labute approximate surface area is 204 Å². The van der Waals surface area contributed by atoms with Gasteiger partial charge in [-0.05, 0) is 32.1 Å². The van der Waals surface area contributed by atoms with Gasteiger partial charge in [-0.25, -0.2) is 9.59 Å². The first-order chi connectivity index (χ1) is 16.2. The zero-order valence-electron chi connectivity index (χ0n) is 21.8. The molecule has 0 heterocycles. The van der Waals surface area contributed by atoms with Crippen LogP contribution in [0.1, 0.15) is 136 Å². The number of esters is 2. The quantitative estimate of drug-likeness (QED) is 0.0620. The molecule has 0 spiro atoms. The monoisotopic (exact) mass is 464 g/mol. The average molecular weight is 465 g/mol. The topological polar surface area (TPSA) is 52.6 Å². The lowest BCUT2D eigenvalue weighted by molar-refractivity contribution is -0.140. The fourth-order valence-electron chi connectivity index (χ4n) is 3.65. The van der Waals surface area contributed by atoms with E-state index in [1.807, 2.05) is 0 Å². The normalized spacial score (nSPS) is 11.5. The lowest BCUT2D eigenvalue weighted by Gasteiger charge is -2.04. The smallest absolute Gasteiger partial charge is 0.331 e. The van der Waals surface area contributed by atoms with Crippen molar-refractivity contribution in [3.05, 3.63) is 24.3 Å². The zero-order chi connectivity index (χ0) is 24.2. The minimum Gasteiger partial charge on any atom is -0.463 e. The largest absolute Gasteiger partial charge is 0.463 e. The van der Waals surface area contributed by atoms with E-state index in [9.17, 15) is 9.59 Å². The van der Waals surface area contributed by atoms with Gasteiger partial charge in [0.1, 0.15) is 0 Å². The lowest BCUT2D eigenvalue weighted by Crippen LogP contribution is -2.06. The highest BCUT2D eigenvalue weighted by atomic mass is 16.5. The fraction of sp³-hybridized carbons (Fsp3) is 0.793. The highest BCUT2D eigenvalue weighted by Crippen LogP contribution is 2.12. The molecule has 0 unspecified atom stereocenters. The van der Waals surface area contributed by atoms with E-state index in [4.69, 9.17) is 9.47 Å². The predicted molar refractivity (Wildman–Crippen MR) is 139 cm³/mol. The standard InChI is InChI=1S/C29H52O4/c1-3-5-7-9-11-13-14-15-16-17-19-21-23-27-33-29(31)25-24-28(30)32-26-22-20-18-12-10-8-6-4-2/h12,18,24-25H,3-11,13-17,19-23,26-27H2,1-2H3/b18-12+,25-24+. The summed E-state index contributed by atoms with van der Waals surface area (Å²) >= 11 is 0. The zero-order valence-corrected chi connectivity index (χ0v) is 21.8. The van der Waals surface area contributed by atoms with Crippen molar-refractivity contribution < 1.29 is 19.1 Å². The van der Waals surface area contributed by atoms with Crippen LogP contribution in [-0.2, 0) is 19.1 Å². The first-order valence-corrected chi connectivity index (χ1v) is 13.9. The van der Waals surface area contributed by atoms with Crippen LogP contribution >= 0.6 is 0 Å². The minimum atomic E-state index is -0.486. The van der Waals surface area contributed by atoms with Crippen LogP contribution in [0.4, 0.5) is 0 Å². The van der Waals surface area contributed by atoms with E-state index in [0.717, 1.165) is 44.3 Å². The van der Waals surface area contributed by atoms with E-state index in [1.54, 1.807) is 0 Å². The Morgan fingerprint density at radius 1 is 0.485 bits per heavy atom. The maximum absolute atomic E-state index is 11.7. The van der Waals surface area contributed by atoms with E-state index in [-0.39, 0.29) is 0 Å². The molecule has 0 radical (unpaired) electrons. The summed E-state index contributed by atoms with van der Waals surface area (Å²) in [5.74, 6) is -0.958. The van der Waals surface area contributed by atoms with Crippen molar-refractivity contribution in [1.29, 1.82) is 0 Å². The summed E-state index contributed by atoms with van der Waals surface area (Å²) in [6.07, 6.45) is 30.0. The van der Waals surface area contributed by atoms with Crippen molar-refractivity contribution in [2.24, 2.45) is 0 Å². The van der Waals surface area contributed by atoms with Crippen molar-refractivity contribution in [1.82, 2.24) is 0 Å². The second-order valence-electron chi connectivity index (χ2n) is 9.02. The van der Waals surface area contributed by atoms with Crippen molar-refractivity contribution in [2.45, 2.75) is 136 Å². The van der Waals surface area contributed by atoms with Crippen LogP contribution in [0.5, 0.6) is 0 Å². The Morgan fingerprint density at radius 3 is 1.33 bits per heavy atom. The van der Waals surface area contributed by atoms with Gasteiger partial charge in [-0.15, -0.1) is 0 Å². The molecule has 0 rings (SSSR count). The molecule has 0 saturated carbocycles. The molecule has 0 fully saturated rings. The summed E-state index contributed by atoms with van der Waals surface area (Å²) in [7, 11) is 0. The molecule has 0 saturated heterocycles. The Kier molecular flexibility index (Phi) is 25.4. The van der Waals surface area contributed by atoms with Gasteiger partial charge < -0.3 is 9.47 Å². The molecule has 0 aromatic heterocycles. The first-order valence-electron chi connectivity index (χ1n) is 13.9. The van der Waals surface area contributed by atoms with Gasteiger partial charge in [0.25, 0.3) is 0 Å². The minimum absolute atomic E-state index is 0.372. The summed E-state index contributed by atoms with van der Waals surface area (Å²) in [5.41, 5.74) is 0. The second kappa shape index (κ2) is 26.7. The van der Waals surface area contributed by atoms with Crippen LogP contribution < -0.4 is 0 Å². The van der Waals surface area contributed by atoms with Crippen LogP contribution in [0.15, 0.2) is 24.3 Å². The van der Waals surface area contributed by atoms with E-state index in [1.165, 1.54) is 89.9 Å². The Balaban J connectivity index is 3.42. The van der Waals surface area contributed by atoms with Gasteiger partial charge in [0.2, 0.25) is 0 Å². The second-order valence-corrected chi connectivity index (χ2v) is 9.02.